The lowest BCUT2D eigenvalue weighted by molar-refractivity contribution is 0.0943. The number of nitrogens with one attached hydrogen (secondary N) is 2. The number of nitrogens with zero attached hydrogens (tertiary/aromatic N) is 1. The Balaban J connectivity index is 1.35. The molecule has 2 aromatic carbocycles. The number of hydrogen-bond donors (Lipinski definition) is 2. The van der Waals surface area contributed by atoms with Crippen LogP contribution in [0.1, 0.15) is 35.0 Å². The van der Waals surface area contributed by atoms with Gasteiger partial charge in [-0.2, -0.15) is 0 Å². The van der Waals surface area contributed by atoms with E-state index in [9.17, 15) is 9.18 Å². The summed E-state index contributed by atoms with van der Waals surface area (Å²) >= 11 is 0. The first-order chi connectivity index (χ1) is 13.5. The molecule has 1 aliphatic rings. The van der Waals surface area contributed by atoms with Crippen LogP contribution in [-0.2, 0) is 6.54 Å². The summed E-state index contributed by atoms with van der Waals surface area (Å²) in [6, 6.07) is 15.8. The Bertz CT molecular complexity index is 982. The summed E-state index contributed by atoms with van der Waals surface area (Å²) in [5.41, 5.74) is 3.15. The third-order valence-electron chi connectivity index (χ3n) is 5.82. The number of aryl methyl sites for hydroxylation is 1. The van der Waals surface area contributed by atoms with Crippen molar-refractivity contribution in [2.75, 3.05) is 13.1 Å². The standard InChI is InChI=1S/C23H26FN3O/c1-15-10-18(14-27(15)13-17-6-4-3-5-7-17)12-25-23(28)22-11-19-16(2)20(24)8-9-21(19)26-22/h3-9,11,15,18,26H,10,12-14H2,1-2H3,(H,25,28). The predicted molar refractivity (Wildman–Crippen MR) is 110 cm³/mol. The normalized spacial score (nSPS) is 20.0. The Kier molecular flexibility index (Phi) is 5.18. The largest absolute Gasteiger partial charge is 0.351 e. The van der Waals surface area contributed by atoms with Crippen LogP contribution in [0, 0.1) is 18.7 Å². The Morgan fingerprint density at radius 3 is 2.82 bits per heavy atom. The van der Waals surface area contributed by atoms with Crippen molar-refractivity contribution in [3.8, 4) is 0 Å². The highest BCUT2D eigenvalue weighted by molar-refractivity contribution is 5.98. The molecular formula is C23H26FN3O. The van der Waals surface area contributed by atoms with Gasteiger partial charge in [-0.1, -0.05) is 30.3 Å². The number of hydrogen-bond acceptors (Lipinski definition) is 2. The van der Waals surface area contributed by atoms with Crippen LogP contribution in [-0.4, -0.2) is 34.9 Å². The number of carbonyl (C=O) groups is 1. The fourth-order valence-electron chi connectivity index (χ4n) is 4.18. The molecule has 5 heteroatoms. The number of fused-ring (bicyclic) bond motifs is 1. The molecule has 146 valence electrons. The van der Waals surface area contributed by atoms with Crippen LogP contribution in [0.4, 0.5) is 4.39 Å². The van der Waals surface area contributed by atoms with Gasteiger partial charge in [-0.05, 0) is 55.5 Å². The number of aromatic amines is 1. The van der Waals surface area contributed by atoms with E-state index in [1.807, 2.05) is 6.07 Å². The number of rotatable bonds is 5. The van der Waals surface area contributed by atoms with Gasteiger partial charge in [0.1, 0.15) is 11.5 Å². The molecule has 4 rings (SSSR count). The molecule has 0 saturated carbocycles. The van der Waals surface area contributed by atoms with Crippen molar-refractivity contribution < 1.29 is 9.18 Å². The average molecular weight is 379 g/mol. The maximum absolute atomic E-state index is 13.7. The molecule has 2 heterocycles. The van der Waals surface area contributed by atoms with Crippen LogP contribution in [0.15, 0.2) is 48.5 Å². The zero-order valence-electron chi connectivity index (χ0n) is 16.3. The van der Waals surface area contributed by atoms with Gasteiger partial charge in [0.25, 0.3) is 5.91 Å². The van der Waals surface area contributed by atoms with Crippen molar-refractivity contribution in [2.45, 2.75) is 32.9 Å². The van der Waals surface area contributed by atoms with Crippen LogP contribution in [0.2, 0.25) is 0 Å². The van der Waals surface area contributed by atoms with E-state index >= 15 is 0 Å². The van der Waals surface area contributed by atoms with E-state index in [1.54, 1.807) is 19.1 Å². The van der Waals surface area contributed by atoms with Crippen molar-refractivity contribution in [1.29, 1.82) is 0 Å². The molecule has 2 unspecified atom stereocenters. The van der Waals surface area contributed by atoms with E-state index in [1.165, 1.54) is 11.6 Å². The smallest absolute Gasteiger partial charge is 0.267 e. The first-order valence-electron chi connectivity index (χ1n) is 9.85. The number of likely N-dealkylation sites (tertiary alicyclic amines) is 1. The molecule has 0 radical (unpaired) electrons. The van der Waals surface area contributed by atoms with Gasteiger partial charge in [0.05, 0.1) is 0 Å². The zero-order valence-corrected chi connectivity index (χ0v) is 16.3. The quantitative estimate of drug-likeness (QED) is 0.696. The van der Waals surface area contributed by atoms with Crippen LogP contribution in [0.5, 0.6) is 0 Å². The van der Waals surface area contributed by atoms with Gasteiger partial charge in [0, 0.05) is 36.6 Å². The van der Waals surface area contributed by atoms with Crippen molar-refractivity contribution in [1.82, 2.24) is 15.2 Å². The molecule has 0 aliphatic carbocycles. The SMILES string of the molecule is Cc1c(F)ccc2[nH]c(C(=O)NCC3CC(C)N(Cc4ccccc4)C3)cc12. The Morgan fingerprint density at radius 1 is 1.25 bits per heavy atom. The second-order valence-electron chi connectivity index (χ2n) is 7.89. The van der Waals surface area contributed by atoms with E-state index < -0.39 is 0 Å². The number of amides is 1. The van der Waals surface area contributed by atoms with E-state index in [-0.39, 0.29) is 11.7 Å². The first kappa shape index (κ1) is 18.7. The molecule has 3 aromatic rings. The summed E-state index contributed by atoms with van der Waals surface area (Å²) in [5.74, 6) is 0.0494. The maximum atomic E-state index is 13.7. The third kappa shape index (κ3) is 3.80. The molecule has 0 bridgehead atoms. The molecule has 1 fully saturated rings. The lowest BCUT2D eigenvalue weighted by Gasteiger charge is -2.21. The molecule has 4 nitrogen and oxygen atoms in total. The van der Waals surface area contributed by atoms with E-state index in [0.29, 0.717) is 29.8 Å². The Labute approximate surface area is 164 Å². The lowest BCUT2D eigenvalue weighted by atomic mass is 10.1. The van der Waals surface area contributed by atoms with Crippen molar-refractivity contribution in [3.63, 3.8) is 0 Å². The summed E-state index contributed by atoms with van der Waals surface area (Å²) in [6.45, 7) is 6.55. The minimum atomic E-state index is -0.253. The van der Waals surface area contributed by atoms with Gasteiger partial charge in [-0.15, -0.1) is 0 Å². The molecule has 2 atom stereocenters. The Hall–Kier alpha value is -2.66. The molecule has 2 N–H and O–H groups in total. The average Bonchev–Trinajstić information content (AvgIpc) is 3.28. The second-order valence-corrected chi connectivity index (χ2v) is 7.89. The van der Waals surface area contributed by atoms with Gasteiger partial charge in [0.2, 0.25) is 0 Å². The number of benzene rings is 2. The second kappa shape index (κ2) is 7.76. The van der Waals surface area contributed by atoms with E-state index in [0.717, 1.165) is 30.4 Å². The summed E-state index contributed by atoms with van der Waals surface area (Å²) in [6.07, 6.45) is 1.07. The van der Waals surface area contributed by atoms with Crippen LogP contribution < -0.4 is 5.32 Å². The maximum Gasteiger partial charge on any atom is 0.267 e. The van der Waals surface area contributed by atoms with Crippen LogP contribution in [0.25, 0.3) is 10.9 Å². The molecule has 1 aromatic heterocycles. The summed E-state index contributed by atoms with van der Waals surface area (Å²) < 4.78 is 13.7. The molecule has 1 amide bonds. The van der Waals surface area contributed by atoms with Gasteiger partial charge in [-0.25, -0.2) is 4.39 Å². The fourth-order valence-corrected chi connectivity index (χ4v) is 4.18. The highest BCUT2D eigenvalue weighted by Gasteiger charge is 2.29. The van der Waals surface area contributed by atoms with E-state index in [4.69, 9.17) is 0 Å². The monoisotopic (exact) mass is 379 g/mol. The highest BCUT2D eigenvalue weighted by Crippen LogP contribution is 2.25. The fraction of sp³-hybridized carbons (Fsp3) is 0.348. The number of halogens is 1. The number of carbonyl (C=O) groups excluding carboxylic acids is 1. The highest BCUT2D eigenvalue weighted by atomic mass is 19.1. The summed E-state index contributed by atoms with van der Waals surface area (Å²) in [5, 5.41) is 3.81. The van der Waals surface area contributed by atoms with Crippen molar-refractivity contribution >= 4 is 16.8 Å². The number of H-pyrrole nitrogens is 1. The molecule has 1 aliphatic heterocycles. The predicted octanol–water partition coefficient (Wildman–Crippen LogP) is 4.26. The summed E-state index contributed by atoms with van der Waals surface area (Å²) in [7, 11) is 0. The molecule has 1 saturated heterocycles. The van der Waals surface area contributed by atoms with Crippen LogP contribution in [0.3, 0.4) is 0 Å². The number of aromatic nitrogens is 1. The third-order valence-corrected chi connectivity index (χ3v) is 5.82. The van der Waals surface area contributed by atoms with Gasteiger partial charge in [-0.3, -0.25) is 9.69 Å². The zero-order chi connectivity index (χ0) is 19.7. The molecule has 28 heavy (non-hydrogen) atoms. The van der Waals surface area contributed by atoms with Crippen LogP contribution >= 0.6 is 0 Å². The minimum absolute atomic E-state index is 0.134. The molecule has 0 spiro atoms. The van der Waals surface area contributed by atoms with E-state index in [2.05, 4.69) is 46.4 Å². The Morgan fingerprint density at radius 2 is 2.04 bits per heavy atom. The van der Waals surface area contributed by atoms with Crippen molar-refractivity contribution in [2.24, 2.45) is 5.92 Å². The summed E-state index contributed by atoms with van der Waals surface area (Å²) in [4.78, 5) is 18.1. The lowest BCUT2D eigenvalue weighted by Crippen LogP contribution is -2.31. The first-order valence-corrected chi connectivity index (χ1v) is 9.85. The van der Waals surface area contributed by atoms with Gasteiger partial charge < -0.3 is 10.3 Å². The van der Waals surface area contributed by atoms with Crippen molar-refractivity contribution in [3.05, 3.63) is 71.2 Å². The van der Waals surface area contributed by atoms with Gasteiger partial charge >= 0.3 is 0 Å². The topological polar surface area (TPSA) is 48.1 Å². The van der Waals surface area contributed by atoms with Gasteiger partial charge in [0.15, 0.2) is 0 Å². The minimum Gasteiger partial charge on any atom is -0.351 e. The molecular weight excluding hydrogens is 353 g/mol.